The van der Waals surface area contributed by atoms with Crippen LogP contribution in [0.2, 0.25) is 0 Å². The molecule has 0 atom stereocenters. The zero-order valence-electron chi connectivity index (χ0n) is 13.0. The van der Waals surface area contributed by atoms with Gasteiger partial charge in [0.05, 0.1) is 23.5 Å². The third kappa shape index (κ3) is 4.32. The van der Waals surface area contributed by atoms with Gasteiger partial charge in [-0.1, -0.05) is 0 Å². The number of hydrogen-bond acceptors (Lipinski definition) is 5. The van der Waals surface area contributed by atoms with Gasteiger partial charge in [0.25, 0.3) is 5.91 Å². The second-order valence-corrected chi connectivity index (χ2v) is 5.78. The van der Waals surface area contributed by atoms with Gasteiger partial charge in [0.15, 0.2) is 0 Å². The molecule has 0 saturated carbocycles. The highest BCUT2D eigenvalue weighted by atomic mass is 79.9. The quantitative estimate of drug-likeness (QED) is 0.614. The van der Waals surface area contributed by atoms with Crippen LogP contribution in [0.1, 0.15) is 17.0 Å². The van der Waals surface area contributed by atoms with Gasteiger partial charge in [0.1, 0.15) is 18.0 Å². The molecule has 122 valence electrons. The molecule has 1 heterocycles. The lowest BCUT2D eigenvalue weighted by Gasteiger charge is -2.06. The summed E-state index contributed by atoms with van der Waals surface area (Å²) < 4.78 is 7.37. The molecule has 1 amide bonds. The van der Waals surface area contributed by atoms with E-state index in [0.29, 0.717) is 15.8 Å². The number of hydrogen-bond donors (Lipinski definition) is 2. The van der Waals surface area contributed by atoms with Crippen LogP contribution in [0.5, 0.6) is 11.5 Å². The summed E-state index contributed by atoms with van der Waals surface area (Å²) in [6.07, 6.45) is 1.35. The number of amides is 1. The molecule has 8 heteroatoms. The van der Waals surface area contributed by atoms with E-state index in [1.165, 1.54) is 19.4 Å². The van der Waals surface area contributed by atoms with Crippen LogP contribution in [0.3, 0.4) is 0 Å². The first kappa shape index (κ1) is 17.0. The molecule has 7 nitrogen and oxygen atoms in total. The fraction of sp³-hybridized carbons (Fsp3) is 0.267. The first-order chi connectivity index (χ1) is 10.9. The van der Waals surface area contributed by atoms with E-state index < -0.39 is 0 Å². The highest BCUT2D eigenvalue weighted by molar-refractivity contribution is 9.10. The molecular weight excluding hydrogens is 364 g/mol. The lowest BCUT2D eigenvalue weighted by atomic mass is 10.2. The van der Waals surface area contributed by atoms with Crippen molar-refractivity contribution in [2.45, 2.75) is 20.4 Å². The number of halogens is 1. The summed E-state index contributed by atoms with van der Waals surface area (Å²) in [5.74, 6) is 0.267. The number of benzene rings is 1. The van der Waals surface area contributed by atoms with Crippen molar-refractivity contribution in [2.75, 3.05) is 7.11 Å². The van der Waals surface area contributed by atoms with Crippen molar-refractivity contribution < 1.29 is 14.6 Å². The normalized spacial score (nSPS) is 11.0. The summed E-state index contributed by atoms with van der Waals surface area (Å²) in [4.78, 5) is 11.8. The van der Waals surface area contributed by atoms with Crippen LogP contribution in [0.25, 0.3) is 0 Å². The Kier molecular flexibility index (Phi) is 5.38. The van der Waals surface area contributed by atoms with Gasteiger partial charge in [0, 0.05) is 11.3 Å². The van der Waals surface area contributed by atoms with Gasteiger partial charge in [-0.05, 0) is 48.0 Å². The molecule has 2 N–H and O–H groups in total. The smallest absolute Gasteiger partial charge is 0.261 e. The Morgan fingerprint density at radius 1 is 1.48 bits per heavy atom. The van der Waals surface area contributed by atoms with Crippen LogP contribution >= 0.6 is 15.9 Å². The number of phenols is 1. The van der Waals surface area contributed by atoms with Crippen molar-refractivity contribution >= 4 is 28.1 Å². The Morgan fingerprint density at radius 3 is 2.83 bits per heavy atom. The molecule has 0 unspecified atom stereocenters. The summed E-state index contributed by atoms with van der Waals surface area (Å²) in [7, 11) is 1.52. The summed E-state index contributed by atoms with van der Waals surface area (Å²) in [6.45, 7) is 3.82. The molecule has 0 fully saturated rings. The van der Waals surface area contributed by atoms with E-state index in [-0.39, 0.29) is 18.2 Å². The van der Waals surface area contributed by atoms with Crippen molar-refractivity contribution in [3.8, 4) is 11.5 Å². The van der Waals surface area contributed by atoms with E-state index >= 15 is 0 Å². The van der Waals surface area contributed by atoms with Gasteiger partial charge in [-0.25, -0.2) is 5.43 Å². The number of hydrazone groups is 1. The molecule has 0 aliphatic heterocycles. The first-order valence-corrected chi connectivity index (χ1v) is 7.59. The molecule has 0 aliphatic rings. The predicted octanol–water partition coefficient (Wildman–Crippen LogP) is 2.13. The van der Waals surface area contributed by atoms with E-state index in [9.17, 15) is 9.90 Å². The van der Waals surface area contributed by atoms with Crippen LogP contribution in [0, 0.1) is 13.8 Å². The molecule has 1 aromatic carbocycles. The lowest BCUT2D eigenvalue weighted by Crippen LogP contribution is -2.24. The zero-order chi connectivity index (χ0) is 17.0. The monoisotopic (exact) mass is 380 g/mol. The lowest BCUT2D eigenvalue weighted by molar-refractivity contribution is -0.121. The SMILES string of the molecule is COc1cc(/C=N/NC(=O)Cn2nc(C)cc2C)c(O)cc1Br. The average molecular weight is 381 g/mol. The molecule has 0 aliphatic carbocycles. The number of phenolic OH excluding ortho intramolecular Hbond substituents is 1. The molecule has 2 aromatic rings. The topological polar surface area (TPSA) is 88.7 Å². The number of carbonyl (C=O) groups excluding carboxylic acids is 1. The summed E-state index contributed by atoms with van der Waals surface area (Å²) in [5, 5.41) is 17.9. The van der Waals surface area contributed by atoms with Crippen LogP contribution in [-0.2, 0) is 11.3 Å². The third-order valence-electron chi connectivity index (χ3n) is 3.09. The van der Waals surface area contributed by atoms with Crippen LogP contribution < -0.4 is 10.2 Å². The fourth-order valence-electron chi connectivity index (χ4n) is 2.00. The number of aromatic hydroxyl groups is 1. The Hall–Kier alpha value is -2.35. The first-order valence-electron chi connectivity index (χ1n) is 6.80. The number of aryl methyl sites for hydroxylation is 2. The maximum atomic E-state index is 11.8. The molecule has 23 heavy (non-hydrogen) atoms. The predicted molar refractivity (Wildman–Crippen MR) is 89.8 cm³/mol. The minimum atomic E-state index is -0.309. The fourth-order valence-corrected chi connectivity index (χ4v) is 2.49. The van der Waals surface area contributed by atoms with Crippen molar-refractivity contribution in [3.05, 3.63) is 39.6 Å². The van der Waals surface area contributed by atoms with Crippen molar-refractivity contribution in [1.82, 2.24) is 15.2 Å². The second-order valence-electron chi connectivity index (χ2n) is 4.92. The summed E-state index contributed by atoms with van der Waals surface area (Å²) >= 11 is 3.27. The molecule has 2 rings (SSSR count). The van der Waals surface area contributed by atoms with Crippen molar-refractivity contribution in [2.24, 2.45) is 5.10 Å². The van der Waals surface area contributed by atoms with E-state index in [2.05, 4.69) is 31.6 Å². The Morgan fingerprint density at radius 2 is 2.22 bits per heavy atom. The second kappa shape index (κ2) is 7.28. The molecular formula is C15H17BrN4O3. The van der Waals surface area contributed by atoms with Gasteiger partial charge in [-0.3, -0.25) is 9.48 Å². The number of rotatable bonds is 5. The Bertz CT molecular complexity index is 755. The maximum absolute atomic E-state index is 11.8. The van der Waals surface area contributed by atoms with E-state index in [4.69, 9.17) is 4.74 Å². The molecule has 0 spiro atoms. The Labute approximate surface area is 142 Å². The number of ether oxygens (including phenoxy) is 1. The number of methoxy groups -OCH3 is 1. The molecule has 0 radical (unpaired) electrons. The van der Waals surface area contributed by atoms with Gasteiger partial charge in [-0.2, -0.15) is 10.2 Å². The average Bonchev–Trinajstić information content (AvgIpc) is 2.79. The van der Waals surface area contributed by atoms with Gasteiger partial charge < -0.3 is 9.84 Å². The number of nitrogens with zero attached hydrogens (tertiary/aromatic N) is 3. The number of nitrogens with one attached hydrogen (secondary N) is 1. The Balaban J connectivity index is 2.01. The van der Waals surface area contributed by atoms with Gasteiger partial charge >= 0.3 is 0 Å². The molecule has 0 bridgehead atoms. The highest BCUT2D eigenvalue weighted by Gasteiger charge is 2.08. The standard InChI is InChI=1S/C15H17BrN4O3/c1-9-4-10(2)20(19-9)8-15(22)18-17-7-11-5-14(23-3)12(16)6-13(11)21/h4-7,21H,8H2,1-3H3,(H,18,22)/b17-7+. The largest absolute Gasteiger partial charge is 0.507 e. The van der Waals surface area contributed by atoms with Crippen LogP contribution in [0.15, 0.2) is 27.8 Å². The minimum absolute atomic E-state index is 0.0224. The van der Waals surface area contributed by atoms with Crippen molar-refractivity contribution in [3.63, 3.8) is 0 Å². The van der Waals surface area contributed by atoms with E-state index in [1.807, 2.05) is 19.9 Å². The summed E-state index contributed by atoms with van der Waals surface area (Å²) in [5.41, 5.74) is 4.58. The molecule has 1 aromatic heterocycles. The van der Waals surface area contributed by atoms with Crippen LogP contribution in [-0.4, -0.2) is 34.1 Å². The summed E-state index contributed by atoms with van der Waals surface area (Å²) in [6, 6.07) is 5.00. The van der Waals surface area contributed by atoms with E-state index in [1.54, 1.807) is 10.7 Å². The minimum Gasteiger partial charge on any atom is -0.507 e. The highest BCUT2D eigenvalue weighted by Crippen LogP contribution is 2.31. The van der Waals surface area contributed by atoms with Gasteiger partial charge in [-0.15, -0.1) is 0 Å². The molecule has 0 saturated heterocycles. The van der Waals surface area contributed by atoms with Crippen molar-refractivity contribution in [1.29, 1.82) is 0 Å². The van der Waals surface area contributed by atoms with Crippen LogP contribution in [0.4, 0.5) is 0 Å². The third-order valence-corrected chi connectivity index (χ3v) is 3.71. The van der Waals surface area contributed by atoms with Gasteiger partial charge in [0.2, 0.25) is 0 Å². The number of aromatic nitrogens is 2. The maximum Gasteiger partial charge on any atom is 0.261 e. The number of carbonyl (C=O) groups is 1. The van der Waals surface area contributed by atoms with E-state index in [0.717, 1.165) is 11.4 Å². The zero-order valence-corrected chi connectivity index (χ0v) is 14.6.